The molecule has 0 bridgehead atoms. The van der Waals surface area contributed by atoms with Crippen LogP contribution < -0.4 is 5.32 Å². The van der Waals surface area contributed by atoms with Gasteiger partial charge < -0.3 is 5.32 Å². The van der Waals surface area contributed by atoms with Crippen LogP contribution in [0.2, 0.25) is 0 Å². The molecular weight excluding hydrogens is 314 g/mol. The summed E-state index contributed by atoms with van der Waals surface area (Å²) in [7, 11) is 0. The predicted octanol–water partition coefficient (Wildman–Crippen LogP) is 4.12. The number of hydrogen-bond donors (Lipinski definition) is 1. The van der Waals surface area contributed by atoms with E-state index in [1.54, 1.807) is 0 Å². The topological polar surface area (TPSA) is 29.1 Å². The van der Waals surface area contributed by atoms with Crippen LogP contribution in [0.1, 0.15) is 42.5 Å². The molecule has 0 aromatic heterocycles. The molecule has 1 aromatic carbocycles. The molecule has 1 amide bonds. The quantitative estimate of drug-likeness (QED) is 0.830. The number of hydrogen-bond acceptors (Lipinski definition) is 1. The lowest BCUT2D eigenvalue weighted by atomic mass is 9.83. The van der Waals surface area contributed by atoms with Crippen LogP contribution in [0.5, 0.6) is 0 Å². The predicted molar refractivity (Wildman–Crippen MR) is 78.1 cm³/mol. The van der Waals surface area contributed by atoms with Gasteiger partial charge in [0.1, 0.15) is 0 Å². The van der Waals surface area contributed by atoms with Crippen molar-refractivity contribution in [3.05, 3.63) is 34.3 Å². The molecule has 2 rings (SSSR count). The average Bonchev–Trinajstić information content (AvgIpc) is 2.40. The van der Waals surface area contributed by atoms with Crippen molar-refractivity contribution in [3.63, 3.8) is 0 Å². The Bertz CT molecular complexity index is 412. The van der Waals surface area contributed by atoms with Crippen molar-refractivity contribution < 1.29 is 4.79 Å². The van der Waals surface area contributed by atoms with Gasteiger partial charge in [0.2, 0.25) is 0 Å². The molecule has 0 heterocycles. The number of benzene rings is 1. The van der Waals surface area contributed by atoms with E-state index >= 15 is 0 Å². The molecule has 0 radical (unpaired) electrons. The Labute approximate surface area is 121 Å². The second kappa shape index (κ2) is 6.07. The highest BCUT2D eigenvalue weighted by Gasteiger charge is 2.32. The Kier molecular flexibility index (Phi) is 4.68. The van der Waals surface area contributed by atoms with Crippen LogP contribution in [-0.4, -0.2) is 17.3 Å². The zero-order valence-corrected chi connectivity index (χ0v) is 12.6. The van der Waals surface area contributed by atoms with Gasteiger partial charge in [-0.3, -0.25) is 4.79 Å². The maximum Gasteiger partial charge on any atom is 0.251 e. The molecule has 1 aliphatic rings. The second-order valence-corrected chi connectivity index (χ2v) is 6.12. The summed E-state index contributed by atoms with van der Waals surface area (Å²) in [5, 5.41) is 3.13. The van der Waals surface area contributed by atoms with E-state index in [1.165, 1.54) is 6.42 Å². The van der Waals surface area contributed by atoms with Crippen molar-refractivity contribution >= 4 is 33.4 Å². The van der Waals surface area contributed by atoms with Gasteiger partial charge in [-0.15, -0.1) is 11.6 Å². The number of nitrogens with one attached hydrogen (secondary N) is 1. The van der Waals surface area contributed by atoms with Crippen molar-refractivity contribution in [2.24, 2.45) is 0 Å². The zero-order chi connectivity index (χ0) is 13.0. The minimum absolute atomic E-state index is 0.0231. The molecule has 0 unspecified atom stereocenters. The van der Waals surface area contributed by atoms with Gasteiger partial charge in [0, 0.05) is 15.9 Å². The smallest absolute Gasteiger partial charge is 0.251 e. The van der Waals surface area contributed by atoms with Gasteiger partial charge in [0.25, 0.3) is 5.91 Å². The first kappa shape index (κ1) is 13.9. The highest BCUT2D eigenvalue weighted by molar-refractivity contribution is 9.10. The number of alkyl halides is 1. The summed E-state index contributed by atoms with van der Waals surface area (Å²) in [4.78, 5) is 12.2. The van der Waals surface area contributed by atoms with Gasteiger partial charge in [0.15, 0.2) is 0 Å². The monoisotopic (exact) mass is 329 g/mol. The fraction of sp³-hybridized carbons (Fsp3) is 0.500. The van der Waals surface area contributed by atoms with Crippen LogP contribution in [0, 0.1) is 0 Å². The summed E-state index contributed by atoms with van der Waals surface area (Å²) in [6, 6.07) is 7.40. The van der Waals surface area contributed by atoms with Crippen LogP contribution in [0.4, 0.5) is 0 Å². The standard InChI is InChI=1S/C14H17BrClNO/c15-12-6-4-11(5-7-12)13(18)17-14(10-16)8-2-1-3-9-14/h4-7H,1-3,8-10H2,(H,17,18). The van der Waals surface area contributed by atoms with Crippen LogP contribution >= 0.6 is 27.5 Å². The van der Waals surface area contributed by atoms with E-state index in [4.69, 9.17) is 11.6 Å². The Morgan fingerprint density at radius 3 is 2.39 bits per heavy atom. The largest absolute Gasteiger partial charge is 0.345 e. The maximum absolute atomic E-state index is 12.2. The second-order valence-electron chi connectivity index (χ2n) is 4.94. The van der Waals surface area contributed by atoms with E-state index < -0.39 is 0 Å². The van der Waals surface area contributed by atoms with E-state index in [0.717, 1.165) is 30.2 Å². The Balaban J connectivity index is 2.07. The Morgan fingerprint density at radius 1 is 1.22 bits per heavy atom. The summed E-state index contributed by atoms with van der Waals surface area (Å²) in [6.45, 7) is 0. The number of carbonyl (C=O) groups is 1. The summed E-state index contributed by atoms with van der Waals surface area (Å²) in [5.41, 5.74) is 0.484. The van der Waals surface area contributed by atoms with E-state index in [9.17, 15) is 4.79 Å². The molecule has 18 heavy (non-hydrogen) atoms. The highest BCUT2D eigenvalue weighted by atomic mass is 79.9. The molecular formula is C14H17BrClNO. The van der Waals surface area contributed by atoms with Crippen molar-refractivity contribution in [3.8, 4) is 0 Å². The van der Waals surface area contributed by atoms with Gasteiger partial charge in [-0.05, 0) is 37.1 Å². The molecule has 1 saturated carbocycles. The lowest BCUT2D eigenvalue weighted by Crippen LogP contribution is -2.51. The first-order valence-corrected chi connectivity index (χ1v) is 7.62. The fourth-order valence-corrected chi connectivity index (χ4v) is 3.03. The van der Waals surface area contributed by atoms with E-state index in [1.807, 2.05) is 24.3 Å². The summed E-state index contributed by atoms with van der Waals surface area (Å²) in [5.74, 6) is 0.472. The highest BCUT2D eigenvalue weighted by Crippen LogP contribution is 2.29. The SMILES string of the molecule is O=C(NC1(CCl)CCCCC1)c1ccc(Br)cc1. The van der Waals surface area contributed by atoms with Gasteiger partial charge in [-0.25, -0.2) is 0 Å². The van der Waals surface area contributed by atoms with Gasteiger partial charge in [0.05, 0.1) is 5.54 Å². The summed E-state index contributed by atoms with van der Waals surface area (Å²) < 4.78 is 0.976. The van der Waals surface area contributed by atoms with Crippen molar-refractivity contribution in [1.82, 2.24) is 5.32 Å². The number of rotatable bonds is 3. The molecule has 1 aromatic rings. The molecule has 1 N–H and O–H groups in total. The number of amides is 1. The molecule has 0 atom stereocenters. The number of halogens is 2. The van der Waals surface area contributed by atoms with Crippen molar-refractivity contribution in [1.29, 1.82) is 0 Å². The third-order valence-electron chi connectivity index (χ3n) is 3.55. The Hall–Kier alpha value is -0.540. The molecule has 0 saturated heterocycles. The fourth-order valence-electron chi connectivity index (χ4n) is 2.43. The van der Waals surface area contributed by atoms with Crippen molar-refractivity contribution in [2.75, 3.05) is 5.88 Å². The van der Waals surface area contributed by atoms with Crippen LogP contribution in [0.15, 0.2) is 28.7 Å². The first-order chi connectivity index (χ1) is 8.65. The molecule has 98 valence electrons. The molecule has 0 spiro atoms. The van der Waals surface area contributed by atoms with E-state index in [0.29, 0.717) is 11.4 Å². The normalized spacial score (nSPS) is 18.3. The molecule has 2 nitrogen and oxygen atoms in total. The van der Waals surface area contributed by atoms with Crippen LogP contribution in [0.3, 0.4) is 0 Å². The summed E-state index contributed by atoms with van der Waals surface area (Å²) in [6.07, 6.45) is 5.50. The molecule has 4 heteroatoms. The third kappa shape index (κ3) is 3.27. The van der Waals surface area contributed by atoms with Gasteiger partial charge in [-0.2, -0.15) is 0 Å². The lowest BCUT2D eigenvalue weighted by Gasteiger charge is -2.36. The van der Waals surface area contributed by atoms with E-state index in [-0.39, 0.29) is 11.4 Å². The van der Waals surface area contributed by atoms with Crippen LogP contribution in [-0.2, 0) is 0 Å². The Morgan fingerprint density at radius 2 is 1.83 bits per heavy atom. The minimum atomic E-state index is -0.204. The summed E-state index contributed by atoms with van der Waals surface area (Å²) >= 11 is 9.44. The first-order valence-electron chi connectivity index (χ1n) is 6.29. The van der Waals surface area contributed by atoms with Crippen molar-refractivity contribution in [2.45, 2.75) is 37.6 Å². The van der Waals surface area contributed by atoms with Gasteiger partial charge >= 0.3 is 0 Å². The van der Waals surface area contributed by atoms with Gasteiger partial charge in [-0.1, -0.05) is 35.2 Å². The maximum atomic E-state index is 12.2. The average molecular weight is 331 g/mol. The third-order valence-corrected chi connectivity index (χ3v) is 4.59. The van der Waals surface area contributed by atoms with Crippen LogP contribution in [0.25, 0.3) is 0 Å². The minimum Gasteiger partial charge on any atom is -0.345 e. The zero-order valence-electron chi connectivity index (χ0n) is 10.2. The lowest BCUT2D eigenvalue weighted by molar-refractivity contribution is 0.0885. The van der Waals surface area contributed by atoms with E-state index in [2.05, 4.69) is 21.2 Å². The molecule has 1 aliphatic carbocycles. The number of carbonyl (C=O) groups excluding carboxylic acids is 1. The molecule has 0 aliphatic heterocycles. The molecule has 1 fully saturated rings.